The van der Waals surface area contributed by atoms with Crippen molar-refractivity contribution < 1.29 is 14.6 Å². The molecule has 0 heterocycles. The summed E-state index contributed by atoms with van der Waals surface area (Å²) in [5.74, 6) is 0.468. The summed E-state index contributed by atoms with van der Waals surface area (Å²) in [5, 5.41) is 9.01. The standard InChI is InChI=1S/C17H15BrO3/c18-16-10-14(7-8-15(16)17(19)20)21-13-6-5-11-3-1-2-4-12(11)9-13/h5-10H,1-4H2,(H,19,20). The lowest BCUT2D eigenvalue weighted by Crippen LogP contribution is -2.02. The highest BCUT2D eigenvalue weighted by Gasteiger charge is 2.12. The van der Waals surface area contributed by atoms with E-state index in [0.29, 0.717) is 10.2 Å². The topological polar surface area (TPSA) is 46.5 Å². The molecule has 21 heavy (non-hydrogen) atoms. The van der Waals surface area contributed by atoms with Crippen molar-refractivity contribution in [1.82, 2.24) is 0 Å². The number of carboxylic acids is 1. The van der Waals surface area contributed by atoms with Crippen molar-refractivity contribution >= 4 is 21.9 Å². The van der Waals surface area contributed by atoms with Crippen LogP contribution in [0.5, 0.6) is 11.5 Å². The van der Waals surface area contributed by atoms with E-state index >= 15 is 0 Å². The van der Waals surface area contributed by atoms with Crippen LogP contribution < -0.4 is 4.74 Å². The number of benzene rings is 2. The molecule has 0 bridgehead atoms. The molecule has 0 aliphatic heterocycles. The summed E-state index contributed by atoms with van der Waals surface area (Å²) in [6, 6.07) is 11.1. The van der Waals surface area contributed by atoms with Gasteiger partial charge in [0.15, 0.2) is 0 Å². The van der Waals surface area contributed by atoms with Gasteiger partial charge in [-0.2, -0.15) is 0 Å². The van der Waals surface area contributed by atoms with E-state index in [4.69, 9.17) is 9.84 Å². The lowest BCUT2D eigenvalue weighted by Gasteiger charge is -2.16. The molecule has 108 valence electrons. The Morgan fingerprint density at radius 2 is 1.67 bits per heavy atom. The number of aromatic carboxylic acids is 1. The van der Waals surface area contributed by atoms with Gasteiger partial charge in [0.2, 0.25) is 0 Å². The van der Waals surface area contributed by atoms with E-state index in [1.807, 2.05) is 6.07 Å². The molecule has 1 aliphatic carbocycles. The van der Waals surface area contributed by atoms with Gasteiger partial charge < -0.3 is 9.84 Å². The van der Waals surface area contributed by atoms with Crippen molar-refractivity contribution in [3.63, 3.8) is 0 Å². The highest BCUT2D eigenvalue weighted by atomic mass is 79.9. The van der Waals surface area contributed by atoms with Crippen LogP contribution in [0.3, 0.4) is 0 Å². The van der Waals surface area contributed by atoms with Gasteiger partial charge in [0.25, 0.3) is 0 Å². The van der Waals surface area contributed by atoms with E-state index < -0.39 is 5.97 Å². The second-order valence-electron chi connectivity index (χ2n) is 5.19. The van der Waals surface area contributed by atoms with E-state index in [1.165, 1.54) is 24.0 Å². The minimum atomic E-state index is -0.956. The van der Waals surface area contributed by atoms with Gasteiger partial charge in [-0.15, -0.1) is 0 Å². The molecule has 0 spiro atoms. The minimum Gasteiger partial charge on any atom is -0.478 e. The molecule has 3 nitrogen and oxygen atoms in total. The molecule has 0 saturated carbocycles. The molecule has 2 aromatic rings. The van der Waals surface area contributed by atoms with Crippen LogP contribution in [0.15, 0.2) is 40.9 Å². The number of fused-ring (bicyclic) bond motifs is 1. The van der Waals surface area contributed by atoms with Crippen molar-refractivity contribution in [2.75, 3.05) is 0 Å². The maximum absolute atomic E-state index is 11.0. The van der Waals surface area contributed by atoms with Gasteiger partial charge in [-0.3, -0.25) is 0 Å². The third-order valence-corrected chi connectivity index (χ3v) is 4.38. The fraction of sp³-hybridized carbons (Fsp3) is 0.235. The van der Waals surface area contributed by atoms with Crippen LogP contribution in [0, 0.1) is 0 Å². The molecule has 0 unspecified atom stereocenters. The Hall–Kier alpha value is -1.81. The van der Waals surface area contributed by atoms with E-state index in [0.717, 1.165) is 18.6 Å². The van der Waals surface area contributed by atoms with Crippen LogP contribution in [0.25, 0.3) is 0 Å². The third kappa shape index (κ3) is 3.10. The van der Waals surface area contributed by atoms with Crippen LogP contribution in [-0.4, -0.2) is 11.1 Å². The fourth-order valence-corrected chi connectivity index (χ4v) is 3.17. The van der Waals surface area contributed by atoms with Crippen LogP contribution >= 0.6 is 15.9 Å². The Bertz CT molecular complexity index is 694. The van der Waals surface area contributed by atoms with Crippen LogP contribution in [0.1, 0.15) is 34.3 Å². The van der Waals surface area contributed by atoms with Crippen LogP contribution in [-0.2, 0) is 12.8 Å². The smallest absolute Gasteiger partial charge is 0.336 e. The Balaban J connectivity index is 1.83. The van der Waals surface area contributed by atoms with E-state index in [2.05, 4.69) is 28.1 Å². The average Bonchev–Trinajstić information content (AvgIpc) is 2.47. The van der Waals surface area contributed by atoms with Gasteiger partial charge in [0.1, 0.15) is 11.5 Å². The molecule has 0 fully saturated rings. The molecule has 3 rings (SSSR count). The summed E-state index contributed by atoms with van der Waals surface area (Å²) >= 11 is 3.26. The maximum Gasteiger partial charge on any atom is 0.336 e. The van der Waals surface area contributed by atoms with Crippen LogP contribution in [0.2, 0.25) is 0 Å². The molecule has 0 saturated heterocycles. The summed E-state index contributed by atoms with van der Waals surface area (Å²) < 4.78 is 6.36. The third-order valence-electron chi connectivity index (χ3n) is 3.73. The number of carboxylic acid groups (broad SMARTS) is 1. The number of carbonyl (C=O) groups is 1. The van der Waals surface area contributed by atoms with Gasteiger partial charge in [0, 0.05) is 4.47 Å². The molecule has 2 aromatic carbocycles. The SMILES string of the molecule is O=C(O)c1ccc(Oc2ccc3c(c2)CCCC3)cc1Br. The Labute approximate surface area is 131 Å². The molecule has 0 atom stereocenters. The number of rotatable bonds is 3. The molecule has 0 radical (unpaired) electrons. The van der Waals surface area contributed by atoms with E-state index in [9.17, 15) is 4.79 Å². The molecular weight excluding hydrogens is 332 g/mol. The molecule has 0 amide bonds. The first-order valence-corrected chi connectivity index (χ1v) is 7.75. The van der Waals surface area contributed by atoms with Crippen molar-refractivity contribution in [3.05, 3.63) is 57.6 Å². The van der Waals surface area contributed by atoms with Crippen molar-refractivity contribution in [3.8, 4) is 11.5 Å². The van der Waals surface area contributed by atoms with Crippen molar-refractivity contribution in [1.29, 1.82) is 0 Å². The Kier molecular flexibility index (Phi) is 3.97. The summed E-state index contributed by atoms with van der Waals surface area (Å²) in [6.07, 6.45) is 4.74. The highest BCUT2D eigenvalue weighted by molar-refractivity contribution is 9.10. The van der Waals surface area contributed by atoms with Crippen LogP contribution in [0.4, 0.5) is 0 Å². The monoisotopic (exact) mass is 346 g/mol. The number of hydrogen-bond acceptors (Lipinski definition) is 2. The van der Waals surface area contributed by atoms with Gasteiger partial charge in [-0.05, 0) is 83.1 Å². The van der Waals surface area contributed by atoms with Crippen molar-refractivity contribution in [2.45, 2.75) is 25.7 Å². The Morgan fingerprint density at radius 1 is 1.00 bits per heavy atom. The van der Waals surface area contributed by atoms with Gasteiger partial charge >= 0.3 is 5.97 Å². The van der Waals surface area contributed by atoms with E-state index in [1.54, 1.807) is 18.2 Å². The van der Waals surface area contributed by atoms with Gasteiger partial charge in [0.05, 0.1) is 5.56 Å². The zero-order chi connectivity index (χ0) is 14.8. The number of ether oxygens (including phenoxy) is 1. The average molecular weight is 347 g/mol. The van der Waals surface area contributed by atoms with Gasteiger partial charge in [-0.25, -0.2) is 4.79 Å². The van der Waals surface area contributed by atoms with Crippen molar-refractivity contribution in [2.24, 2.45) is 0 Å². The predicted molar refractivity (Wildman–Crippen MR) is 84.3 cm³/mol. The Morgan fingerprint density at radius 3 is 2.38 bits per heavy atom. The highest BCUT2D eigenvalue weighted by Crippen LogP contribution is 2.30. The first-order chi connectivity index (χ1) is 10.1. The summed E-state index contributed by atoms with van der Waals surface area (Å²) in [7, 11) is 0. The zero-order valence-corrected chi connectivity index (χ0v) is 13.0. The first-order valence-electron chi connectivity index (χ1n) is 6.96. The van der Waals surface area contributed by atoms with E-state index in [-0.39, 0.29) is 5.56 Å². The second-order valence-corrected chi connectivity index (χ2v) is 6.04. The molecule has 4 heteroatoms. The molecular formula is C17H15BrO3. The second kappa shape index (κ2) is 5.90. The fourth-order valence-electron chi connectivity index (χ4n) is 2.64. The minimum absolute atomic E-state index is 0.229. The number of aryl methyl sites for hydroxylation is 2. The number of halogens is 1. The summed E-state index contributed by atoms with van der Waals surface area (Å²) in [6.45, 7) is 0. The van der Waals surface area contributed by atoms with Gasteiger partial charge in [-0.1, -0.05) is 6.07 Å². The summed E-state index contributed by atoms with van der Waals surface area (Å²) in [4.78, 5) is 11.0. The quantitative estimate of drug-likeness (QED) is 0.866. The largest absolute Gasteiger partial charge is 0.478 e. The number of hydrogen-bond donors (Lipinski definition) is 1. The first kappa shape index (κ1) is 14.1. The maximum atomic E-state index is 11.0. The normalized spacial score (nSPS) is 13.6. The molecule has 0 aromatic heterocycles. The lowest BCUT2D eigenvalue weighted by molar-refractivity contribution is 0.0696. The lowest BCUT2D eigenvalue weighted by atomic mass is 9.92. The zero-order valence-electron chi connectivity index (χ0n) is 11.4. The predicted octanol–water partition coefficient (Wildman–Crippen LogP) is 4.82. The summed E-state index contributed by atoms with van der Waals surface area (Å²) in [5.41, 5.74) is 3.00. The molecule has 1 N–H and O–H groups in total. The molecule has 1 aliphatic rings.